The van der Waals surface area contributed by atoms with Crippen LogP contribution < -0.4 is 14.8 Å². The summed E-state index contributed by atoms with van der Waals surface area (Å²) in [5, 5.41) is 7.13. The number of aromatic nitrogens is 2. The molecular weight excluding hydrogens is 342 g/mol. The highest BCUT2D eigenvalue weighted by Gasteiger charge is 2.13. The quantitative estimate of drug-likeness (QED) is 0.714. The first-order valence-corrected chi connectivity index (χ1v) is 8.66. The molecule has 0 fully saturated rings. The number of hydrogen-bond donors (Lipinski definition) is 1. The van der Waals surface area contributed by atoms with Crippen LogP contribution in [0.2, 0.25) is 0 Å². The molecule has 2 aromatic carbocycles. The summed E-state index contributed by atoms with van der Waals surface area (Å²) in [5.41, 5.74) is 4.13. The smallest absolute Gasteiger partial charge is 0.276 e. The van der Waals surface area contributed by atoms with Crippen molar-refractivity contribution < 1.29 is 14.3 Å². The molecule has 1 aromatic heterocycles. The van der Waals surface area contributed by atoms with Gasteiger partial charge in [-0.3, -0.25) is 4.79 Å². The molecule has 0 aliphatic rings. The number of ether oxygens (including phenoxy) is 2. The van der Waals surface area contributed by atoms with E-state index in [0.717, 1.165) is 22.4 Å². The number of carbonyl (C=O) groups excluding carboxylic acids is 1. The van der Waals surface area contributed by atoms with Crippen molar-refractivity contribution in [2.75, 3.05) is 12.4 Å². The van der Waals surface area contributed by atoms with Gasteiger partial charge in [0.25, 0.3) is 5.91 Å². The molecule has 0 unspecified atom stereocenters. The molecule has 0 atom stereocenters. The summed E-state index contributed by atoms with van der Waals surface area (Å²) < 4.78 is 12.7. The second kappa shape index (κ2) is 7.95. The minimum Gasteiger partial charge on any atom is -0.495 e. The summed E-state index contributed by atoms with van der Waals surface area (Å²) in [6.45, 7) is 6.19. The van der Waals surface area contributed by atoms with E-state index in [2.05, 4.69) is 10.4 Å². The van der Waals surface area contributed by atoms with Crippen molar-refractivity contribution in [2.24, 2.45) is 0 Å². The predicted molar refractivity (Wildman–Crippen MR) is 104 cm³/mol. The molecule has 27 heavy (non-hydrogen) atoms. The van der Waals surface area contributed by atoms with E-state index >= 15 is 0 Å². The molecular formula is C21H23N3O3. The Hall–Kier alpha value is -3.28. The van der Waals surface area contributed by atoms with Gasteiger partial charge in [0, 0.05) is 6.20 Å². The van der Waals surface area contributed by atoms with Gasteiger partial charge in [0.05, 0.1) is 12.8 Å². The summed E-state index contributed by atoms with van der Waals surface area (Å²) in [4.78, 5) is 12.5. The number of aryl methyl sites for hydroxylation is 3. The Morgan fingerprint density at radius 1 is 1.04 bits per heavy atom. The van der Waals surface area contributed by atoms with Crippen LogP contribution in [0.5, 0.6) is 11.5 Å². The lowest BCUT2D eigenvalue weighted by Gasteiger charge is -2.10. The maximum atomic E-state index is 12.5. The molecule has 3 aromatic rings. The fraction of sp³-hybridized carbons (Fsp3) is 0.238. The van der Waals surface area contributed by atoms with Gasteiger partial charge in [0.15, 0.2) is 12.4 Å². The van der Waals surface area contributed by atoms with Crippen molar-refractivity contribution in [1.82, 2.24) is 9.78 Å². The number of nitrogens with zero attached hydrogens (tertiary/aromatic N) is 2. The van der Waals surface area contributed by atoms with Gasteiger partial charge in [0.1, 0.15) is 11.5 Å². The standard InChI is InChI=1S/C21H23N3O3/c1-14-6-8-19(26-4)18(11-14)22-21(25)17-9-10-24(23-17)13-27-20-12-15(2)5-7-16(20)3/h5-12H,13H2,1-4H3,(H,22,25). The van der Waals surface area contributed by atoms with E-state index in [1.807, 2.05) is 57.2 Å². The summed E-state index contributed by atoms with van der Waals surface area (Å²) in [6.07, 6.45) is 1.72. The minimum absolute atomic E-state index is 0.228. The third-order valence-corrected chi connectivity index (χ3v) is 4.17. The van der Waals surface area contributed by atoms with Crippen LogP contribution in [-0.4, -0.2) is 22.8 Å². The number of anilines is 1. The van der Waals surface area contributed by atoms with Crippen molar-refractivity contribution >= 4 is 11.6 Å². The Morgan fingerprint density at radius 2 is 1.78 bits per heavy atom. The van der Waals surface area contributed by atoms with Crippen molar-refractivity contribution in [3.05, 3.63) is 71.0 Å². The second-order valence-electron chi connectivity index (χ2n) is 6.44. The highest BCUT2D eigenvalue weighted by molar-refractivity contribution is 6.03. The van der Waals surface area contributed by atoms with Crippen LogP contribution in [0, 0.1) is 20.8 Å². The maximum Gasteiger partial charge on any atom is 0.276 e. The van der Waals surface area contributed by atoms with E-state index in [4.69, 9.17) is 9.47 Å². The van der Waals surface area contributed by atoms with Crippen LogP contribution in [0.1, 0.15) is 27.2 Å². The van der Waals surface area contributed by atoms with Gasteiger partial charge in [0.2, 0.25) is 0 Å². The Labute approximate surface area is 158 Å². The number of rotatable bonds is 6. The molecule has 0 spiro atoms. The van der Waals surface area contributed by atoms with Crippen LogP contribution in [0.15, 0.2) is 48.7 Å². The second-order valence-corrected chi connectivity index (χ2v) is 6.44. The van der Waals surface area contributed by atoms with E-state index in [1.165, 1.54) is 0 Å². The third-order valence-electron chi connectivity index (χ3n) is 4.17. The molecule has 0 aliphatic heterocycles. The van der Waals surface area contributed by atoms with Crippen LogP contribution in [0.25, 0.3) is 0 Å². The molecule has 0 bridgehead atoms. The van der Waals surface area contributed by atoms with Gasteiger partial charge in [-0.1, -0.05) is 18.2 Å². The Kier molecular flexibility index (Phi) is 5.45. The van der Waals surface area contributed by atoms with Crippen molar-refractivity contribution in [2.45, 2.75) is 27.5 Å². The van der Waals surface area contributed by atoms with E-state index < -0.39 is 0 Å². The third kappa shape index (κ3) is 4.47. The molecule has 1 N–H and O–H groups in total. The van der Waals surface area contributed by atoms with Gasteiger partial charge in [-0.15, -0.1) is 0 Å². The zero-order valence-corrected chi connectivity index (χ0v) is 15.9. The van der Waals surface area contributed by atoms with Crippen LogP contribution in [0.3, 0.4) is 0 Å². The number of amides is 1. The molecule has 3 rings (SSSR count). The molecule has 6 nitrogen and oxygen atoms in total. The van der Waals surface area contributed by atoms with E-state index in [-0.39, 0.29) is 12.6 Å². The lowest BCUT2D eigenvalue weighted by atomic mass is 10.1. The number of benzene rings is 2. The normalized spacial score (nSPS) is 10.5. The topological polar surface area (TPSA) is 65.4 Å². The number of hydrogen-bond acceptors (Lipinski definition) is 4. The first kappa shape index (κ1) is 18.5. The van der Waals surface area contributed by atoms with Crippen molar-refractivity contribution in [3.63, 3.8) is 0 Å². The molecule has 140 valence electrons. The van der Waals surface area contributed by atoms with Gasteiger partial charge in [-0.05, 0) is 61.7 Å². The number of methoxy groups -OCH3 is 1. The van der Waals surface area contributed by atoms with Gasteiger partial charge < -0.3 is 14.8 Å². The molecule has 0 saturated heterocycles. The fourth-order valence-electron chi connectivity index (χ4n) is 2.66. The molecule has 1 amide bonds. The fourth-order valence-corrected chi connectivity index (χ4v) is 2.66. The summed E-state index contributed by atoms with van der Waals surface area (Å²) in [5.74, 6) is 1.11. The molecule has 0 saturated carbocycles. The Morgan fingerprint density at radius 3 is 2.56 bits per heavy atom. The zero-order chi connectivity index (χ0) is 19.4. The lowest BCUT2D eigenvalue weighted by Crippen LogP contribution is -2.15. The average molecular weight is 365 g/mol. The predicted octanol–water partition coefficient (Wildman–Crippen LogP) is 4.11. The largest absolute Gasteiger partial charge is 0.495 e. The monoisotopic (exact) mass is 365 g/mol. The minimum atomic E-state index is -0.301. The first-order chi connectivity index (χ1) is 13.0. The Bertz CT molecular complexity index is 963. The van der Waals surface area contributed by atoms with Gasteiger partial charge in [-0.2, -0.15) is 5.10 Å². The van der Waals surface area contributed by atoms with Crippen molar-refractivity contribution in [3.8, 4) is 11.5 Å². The van der Waals surface area contributed by atoms with Gasteiger partial charge in [-0.25, -0.2) is 4.68 Å². The zero-order valence-electron chi connectivity index (χ0n) is 15.9. The number of nitrogens with one attached hydrogen (secondary N) is 1. The van der Waals surface area contributed by atoms with Crippen molar-refractivity contribution in [1.29, 1.82) is 0 Å². The Balaban J connectivity index is 1.67. The summed E-state index contributed by atoms with van der Waals surface area (Å²) >= 11 is 0. The average Bonchev–Trinajstić information content (AvgIpc) is 3.12. The van der Waals surface area contributed by atoms with Crippen LogP contribution in [0.4, 0.5) is 5.69 Å². The van der Waals surface area contributed by atoms with E-state index in [0.29, 0.717) is 17.1 Å². The maximum absolute atomic E-state index is 12.5. The first-order valence-electron chi connectivity index (χ1n) is 8.66. The molecule has 0 radical (unpaired) electrons. The van der Waals surface area contributed by atoms with Gasteiger partial charge >= 0.3 is 0 Å². The highest BCUT2D eigenvalue weighted by Crippen LogP contribution is 2.25. The highest BCUT2D eigenvalue weighted by atomic mass is 16.5. The molecule has 1 heterocycles. The van der Waals surface area contributed by atoms with Crippen LogP contribution >= 0.6 is 0 Å². The van der Waals surface area contributed by atoms with E-state index in [9.17, 15) is 4.79 Å². The molecule has 0 aliphatic carbocycles. The van der Waals surface area contributed by atoms with Crippen LogP contribution in [-0.2, 0) is 6.73 Å². The summed E-state index contributed by atoms with van der Waals surface area (Å²) in [6, 6.07) is 13.3. The summed E-state index contributed by atoms with van der Waals surface area (Å²) in [7, 11) is 1.57. The van der Waals surface area contributed by atoms with E-state index in [1.54, 1.807) is 24.1 Å². The number of carbonyl (C=O) groups is 1. The molecule has 6 heteroatoms. The SMILES string of the molecule is COc1ccc(C)cc1NC(=O)c1ccn(COc2cc(C)ccc2C)n1. The lowest BCUT2D eigenvalue weighted by molar-refractivity contribution is 0.102.